The Kier molecular flexibility index (Phi) is 4.77. The van der Waals surface area contributed by atoms with E-state index in [9.17, 15) is 8.42 Å². The zero-order valence-electron chi connectivity index (χ0n) is 13.2. The fraction of sp³-hybridized carbons (Fsp3) is 0.333. The summed E-state index contributed by atoms with van der Waals surface area (Å²) >= 11 is 0. The molecule has 0 saturated heterocycles. The highest BCUT2D eigenvalue weighted by atomic mass is 32.2. The Morgan fingerprint density at radius 3 is 2.50 bits per heavy atom. The molecule has 2 rings (SSSR count). The number of hydrogen-bond acceptors (Lipinski definition) is 5. The third kappa shape index (κ3) is 3.80. The summed E-state index contributed by atoms with van der Waals surface area (Å²) in [5.74, 6) is 0.544. The van der Waals surface area contributed by atoms with Gasteiger partial charge in [-0.25, -0.2) is 23.1 Å². The molecule has 0 saturated carbocycles. The Hall–Kier alpha value is -1.99. The number of hydrogen-bond donors (Lipinski definition) is 1. The zero-order valence-corrected chi connectivity index (χ0v) is 14.0. The molecular formula is C15H20N4O2S. The summed E-state index contributed by atoms with van der Waals surface area (Å²) in [5.41, 5.74) is 2.62. The number of benzene rings is 1. The second-order valence-electron chi connectivity index (χ2n) is 5.31. The molecule has 118 valence electrons. The molecule has 0 spiro atoms. The van der Waals surface area contributed by atoms with Crippen LogP contribution in [-0.2, 0) is 16.6 Å². The molecule has 1 N–H and O–H groups in total. The second-order valence-corrected chi connectivity index (χ2v) is 7.08. The molecule has 0 amide bonds. The molecule has 0 radical (unpaired) electrons. The van der Waals surface area contributed by atoms with E-state index in [1.165, 1.54) is 0 Å². The SMILES string of the molecule is Cc1ccc(S(=O)(=O)NCc2ccnc(N(C)C)n2)cc1C. The van der Waals surface area contributed by atoms with Crippen LogP contribution in [0.15, 0.2) is 35.4 Å². The molecule has 22 heavy (non-hydrogen) atoms. The van der Waals surface area contributed by atoms with E-state index in [2.05, 4.69) is 14.7 Å². The van der Waals surface area contributed by atoms with Crippen molar-refractivity contribution in [2.24, 2.45) is 0 Å². The molecule has 0 aliphatic rings. The molecule has 2 aromatic rings. The summed E-state index contributed by atoms with van der Waals surface area (Å²) in [6.07, 6.45) is 1.61. The van der Waals surface area contributed by atoms with Crippen LogP contribution in [0.25, 0.3) is 0 Å². The molecule has 0 unspecified atom stereocenters. The van der Waals surface area contributed by atoms with Gasteiger partial charge in [-0.15, -0.1) is 0 Å². The lowest BCUT2D eigenvalue weighted by Crippen LogP contribution is -2.24. The number of nitrogens with one attached hydrogen (secondary N) is 1. The standard InChI is InChI=1S/C15H20N4O2S/c1-11-5-6-14(9-12(11)2)22(20,21)17-10-13-7-8-16-15(18-13)19(3)4/h5-9,17H,10H2,1-4H3. The second kappa shape index (κ2) is 6.41. The van der Waals surface area contributed by atoms with Crippen molar-refractivity contribution in [1.29, 1.82) is 0 Å². The Bertz CT molecular complexity index is 773. The summed E-state index contributed by atoms with van der Waals surface area (Å²) < 4.78 is 27.2. The predicted octanol–water partition coefficient (Wildman–Crippen LogP) is 1.64. The third-order valence-electron chi connectivity index (χ3n) is 3.33. The van der Waals surface area contributed by atoms with Crippen molar-refractivity contribution in [2.45, 2.75) is 25.3 Å². The molecule has 0 atom stereocenters. The van der Waals surface area contributed by atoms with E-state index < -0.39 is 10.0 Å². The topological polar surface area (TPSA) is 75.2 Å². The number of anilines is 1. The van der Waals surface area contributed by atoms with E-state index in [1.807, 2.05) is 27.9 Å². The van der Waals surface area contributed by atoms with Gasteiger partial charge in [-0.05, 0) is 43.2 Å². The van der Waals surface area contributed by atoms with Crippen molar-refractivity contribution in [3.63, 3.8) is 0 Å². The number of aryl methyl sites for hydroxylation is 2. The number of aromatic nitrogens is 2. The molecule has 7 heteroatoms. The molecule has 0 fully saturated rings. The van der Waals surface area contributed by atoms with Crippen LogP contribution < -0.4 is 9.62 Å². The van der Waals surface area contributed by atoms with Gasteiger partial charge >= 0.3 is 0 Å². The average Bonchev–Trinajstić information content (AvgIpc) is 2.48. The van der Waals surface area contributed by atoms with E-state index >= 15 is 0 Å². The number of nitrogens with zero attached hydrogens (tertiary/aromatic N) is 3. The fourth-order valence-corrected chi connectivity index (χ4v) is 2.92. The first-order chi connectivity index (χ1) is 10.3. The van der Waals surface area contributed by atoms with Crippen LogP contribution in [0.5, 0.6) is 0 Å². The van der Waals surface area contributed by atoms with Crippen LogP contribution in [0.1, 0.15) is 16.8 Å². The van der Waals surface area contributed by atoms with Gasteiger partial charge in [0.2, 0.25) is 16.0 Å². The average molecular weight is 320 g/mol. The highest BCUT2D eigenvalue weighted by molar-refractivity contribution is 7.89. The van der Waals surface area contributed by atoms with Crippen molar-refractivity contribution >= 4 is 16.0 Å². The maximum absolute atomic E-state index is 12.3. The van der Waals surface area contributed by atoms with Crippen molar-refractivity contribution in [3.05, 3.63) is 47.3 Å². The van der Waals surface area contributed by atoms with Gasteiger partial charge in [0.05, 0.1) is 17.1 Å². The first-order valence-corrected chi connectivity index (χ1v) is 8.34. The van der Waals surface area contributed by atoms with E-state index in [-0.39, 0.29) is 11.4 Å². The van der Waals surface area contributed by atoms with Crippen LogP contribution in [-0.4, -0.2) is 32.5 Å². The van der Waals surface area contributed by atoms with Gasteiger partial charge in [-0.3, -0.25) is 0 Å². The minimum atomic E-state index is -3.55. The predicted molar refractivity (Wildman–Crippen MR) is 86.3 cm³/mol. The van der Waals surface area contributed by atoms with Gasteiger partial charge in [0, 0.05) is 20.3 Å². The van der Waals surface area contributed by atoms with Gasteiger partial charge in [-0.2, -0.15) is 0 Å². The monoisotopic (exact) mass is 320 g/mol. The van der Waals surface area contributed by atoms with Crippen molar-refractivity contribution in [1.82, 2.24) is 14.7 Å². The number of sulfonamides is 1. The van der Waals surface area contributed by atoms with Crippen LogP contribution in [0.4, 0.5) is 5.95 Å². The molecule has 0 aliphatic heterocycles. The molecule has 6 nitrogen and oxygen atoms in total. The van der Waals surface area contributed by atoms with E-state index in [0.29, 0.717) is 11.6 Å². The number of rotatable bonds is 5. The highest BCUT2D eigenvalue weighted by Crippen LogP contribution is 2.15. The molecule has 0 bridgehead atoms. The Balaban J connectivity index is 2.16. The van der Waals surface area contributed by atoms with Gasteiger partial charge in [0.15, 0.2) is 0 Å². The Labute approximate surface area is 131 Å². The Morgan fingerprint density at radius 2 is 1.86 bits per heavy atom. The summed E-state index contributed by atoms with van der Waals surface area (Å²) in [5, 5.41) is 0. The lowest BCUT2D eigenvalue weighted by molar-refractivity contribution is 0.580. The molecule has 1 aromatic heterocycles. The van der Waals surface area contributed by atoms with Crippen LogP contribution in [0.2, 0.25) is 0 Å². The first-order valence-electron chi connectivity index (χ1n) is 6.86. The summed E-state index contributed by atoms with van der Waals surface area (Å²) in [7, 11) is 0.109. The van der Waals surface area contributed by atoms with E-state index in [1.54, 1.807) is 35.4 Å². The van der Waals surface area contributed by atoms with Gasteiger partial charge in [0.25, 0.3) is 0 Å². The maximum atomic E-state index is 12.3. The zero-order chi connectivity index (χ0) is 16.3. The third-order valence-corrected chi connectivity index (χ3v) is 4.73. The maximum Gasteiger partial charge on any atom is 0.240 e. The fourth-order valence-electron chi connectivity index (χ4n) is 1.83. The van der Waals surface area contributed by atoms with Gasteiger partial charge < -0.3 is 4.90 Å². The lowest BCUT2D eigenvalue weighted by atomic mass is 10.1. The summed E-state index contributed by atoms with van der Waals surface area (Å²) in [6.45, 7) is 3.96. The van der Waals surface area contributed by atoms with E-state index in [4.69, 9.17) is 0 Å². The minimum Gasteiger partial charge on any atom is -0.347 e. The normalized spacial score (nSPS) is 11.5. The first kappa shape index (κ1) is 16.4. The van der Waals surface area contributed by atoms with Crippen LogP contribution in [0, 0.1) is 13.8 Å². The van der Waals surface area contributed by atoms with Crippen LogP contribution >= 0.6 is 0 Å². The quantitative estimate of drug-likeness (QED) is 0.906. The van der Waals surface area contributed by atoms with Gasteiger partial charge in [0.1, 0.15) is 0 Å². The molecular weight excluding hydrogens is 300 g/mol. The van der Waals surface area contributed by atoms with Crippen LogP contribution in [0.3, 0.4) is 0 Å². The molecule has 1 heterocycles. The van der Waals surface area contributed by atoms with Crippen molar-refractivity contribution in [2.75, 3.05) is 19.0 Å². The largest absolute Gasteiger partial charge is 0.347 e. The lowest BCUT2D eigenvalue weighted by Gasteiger charge is -2.12. The molecule has 1 aromatic carbocycles. The van der Waals surface area contributed by atoms with E-state index in [0.717, 1.165) is 11.1 Å². The summed E-state index contributed by atoms with van der Waals surface area (Å²) in [4.78, 5) is 10.4. The highest BCUT2D eigenvalue weighted by Gasteiger charge is 2.15. The summed E-state index contributed by atoms with van der Waals surface area (Å²) in [6, 6.07) is 6.77. The molecule has 0 aliphatic carbocycles. The van der Waals surface area contributed by atoms with Crippen molar-refractivity contribution < 1.29 is 8.42 Å². The Morgan fingerprint density at radius 1 is 1.14 bits per heavy atom. The van der Waals surface area contributed by atoms with Gasteiger partial charge in [-0.1, -0.05) is 6.07 Å². The van der Waals surface area contributed by atoms with Crippen molar-refractivity contribution in [3.8, 4) is 0 Å². The minimum absolute atomic E-state index is 0.124. The smallest absolute Gasteiger partial charge is 0.240 e.